The summed E-state index contributed by atoms with van der Waals surface area (Å²) in [6.07, 6.45) is 5.43. The van der Waals surface area contributed by atoms with E-state index in [-0.39, 0.29) is 0 Å². The molecule has 1 aromatic carbocycles. The lowest BCUT2D eigenvalue weighted by molar-refractivity contribution is -0.192. The van der Waals surface area contributed by atoms with Crippen LogP contribution in [-0.2, 0) is 4.79 Å². The molecule has 4 nitrogen and oxygen atoms in total. The number of rotatable bonds is 2. The highest BCUT2D eigenvalue weighted by molar-refractivity contribution is 8.14. The zero-order chi connectivity index (χ0) is 22.8. The van der Waals surface area contributed by atoms with Gasteiger partial charge in [-0.3, -0.25) is 0 Å². The van der Waals surface area contributed by atoms with E-state index in [9.17, 15) is 13.2 Å². The molecular formula is C20H22Cl3F3N2O2S. The van der Waals surface area contributed by atoms with Crippen LogP contribution in [0, 0.1) is 0 Å². The van der Waals surface area contributed by atoms with E-state index in [4.69, 9.17) is 49.7 Å². The minimum atomic E-state index is -5.08. The van der Waals surface area contributed by atoms with E-state index in [1.807, 2.05) is 17.8 Å². The highest BCUT2D eigenvalue weighted by atomic mass is 35.5. The van der Waals surface area contributed by atoms with Gasteiger partial charge in [-0.1, -0.05) is 72.2 Å². The first-order chi connectivity index (χ1) is 14.5. The number of carboxylic acid groups (broad SMARTS) is 1. The van der Waals surface area contributed by atoms with Gasteiger partial charge in [0.15, 0.2) is 5.17 Å². The molecule has 0 bridgehead atoms. The van der Waals surface area contributed by atoms with Crippen molar-refractivity contribution in [2.24, 2.45) is 4.99 Å². The molecule has 1 saturated heterocycles. The smallest absolute Gasteiger partial charge is 0.475 e. The van der Waals surface area contributed by atoms with Gasteiger partial charge >= 0.3 is 12.1 Å². The van der Waals surface area contributed by atoms with E-state index in [1.165, 1.54) is 51.4 Å². The van der Waals surface area contributed by atoms with E-state index in [0.717, 1.165) is 16.6 Å². The van der Waals surface area contributed by atoms with Gasteiger partial charge in [0.1, 0.15) is 0 Å². The molecule has 2 saturated carbocycles. The van der Waals surface area contributed by atoms with Crippen molar-refractivity contribution in [3.8, 4) is 0 Å². The van der Waals surface area contributed by atoms with Gasteiger partial charge in [-0.15, -0.1) is 0 Å². The molecule has 1 aliphatic heterocycles. The molecular weight excluding hydrogens is 496 g/mol. The summed E-state index contributed by atoms with van der Waals surface area (Å²) in [5, 5.41) is 9.58. The number of carbonyl (C=O) groups is 1. The van der Waals surface area contributed by atoms with Crippen molar-refractivity contribution in [3.63, 3.8) is 0 Å². The zero-order valence-electron chi connectivity index (χ0n) is 16.5. The molecule has 1 heterocycles. The molecule has 1 spiro atoms. The van der Waals surface area contributed by atoms with Crippen molar-refractivity contribution in [1.29, 1.82) is 0 Å². The maximum atomic E-state index is 10.6. The summed E-state index contributed by atoms with van der Waals surface area (Å²) in [6, 6.07) is 4.29. The normalized spacial score (nSPS) is 22.3. The summed E-state index contributed by atoms with van der Waals surface area (Å²) in [5.74, 6) is -1.60. The fraction of sp³-hybridized carbons (Fsp3) is 0.600. The van der Waals surface area contributed by atoms with Crippen LogP contribution in [-0.4, -0.2) is 44.7 Å². The van der Waals surface area contributed by atoms with Gasteiger partial charge in [-0.2, -0.15) is 13.2 Å². The summed E-state index contributed by atoms with van der Waals surface area (Å²) in [6.45, 7) is 0. The molecule has 0 unspecified atom stereocenters. The van der Waals surface area contributed by atoms with Crippen LogP contribution >= 0.6 is 46.6 Å². The van der Waals surface area contributed by atoms with Crippen LogP contribution in [0.4, 0.5) is 18.9 Å². The molecule has 0 atom stereocenters. The van der Waals surface area contributed by atoms with Crippen molar-refractivity contribution < 1.29 is 23.1 Å². The number of aliphatic imine (C=N–C) groups is 1. The Hall–Kier alpha value is -0.830. The molecule has 2 aliphatic carbocycles. The lowest BCUT2D eigenvalue weighted by Gasteiger charge is -2.40. The number of benzene rings is 1. The quantitative estimate of drug-likeness (QED) is 0.411. The molecule has 0 radical (unpaired) electrons. The predicted molar refractivity (Wildman–Crippen MR) is 120 cm³/mol. The number of carboxylic acids is 1. The molecule has 11 heteroatoms. The van der Waals surface area contributed by atoms with Gasteiger partial charge in [0.05, 0.1) is 26.3 Å². The maximum Gasteiger partial charge on any atom is 0.490 e. The van der Waals surface area contributed by atoms with Crippen LogP contribution < -0.4 is 0 Å². The van der Waals surface area contributed by atoms with Crippen LogP contribution in [0.25, 0.3) is 0 Å². The average Bonchev–Trinajstić information content (AvgIpc) is 3.45. The molecule has 3 fully saturated rings. The number of amidine groups is 1. The first-order valence-electron chi connectivity index (χ1n) is 9.99. The molecule has 172 valence electrons. The Morgan fingerprint density at radius 2 is 1.68 bits per heavy atom. The number of hydrogen-bond acceptors (Lipinski definition) is 3. The Morgan fingerprint density at radius 1 is 1.10 bits per heavy atom. The lowest BCUT2D eigenvalue weighted by Crippen LogP contribution is -2.50. The molecule has 1 aromatic rings. The van der Waals surface area contributed by atoms with E-state index in [2.05, 4.69) is 4.90 Å². The summed E-state index contributed by atoms with van der Waals surface area (Å²) in [7, 11) is 0. The van der Waals surface area contributed by atoms with Crippen LogP contribution in [0.5, 0.6) is 0 Å². The Morgan fingerprint density at radius 3 is 2.23 bits per heavy atom. The number of aliphatic carboxylic acids is 1. The number of hydrogen-bond donors (Lipinski definition) is 1. The third-order valence-corrected chi connectivity index (χ3v) is 8.40. The zero-order valence-corrected chi connectivity index (χ0v) is 19.6. The third-order valence-electron chi connectivity index (χ3n) is 5.88. The fourth-order valence-electron chi connectivity index (χ4n) is 4.46. The summed E-state index contributed by atoms with van der Waals surface area (Å²) < 4.78 is 31.7. The van der Waals surface area contributed by atoms with Gasteiger partial charge < -0.3 is 10.0 Å². The Labute approximate surface area is 198 Å². The molecule has 1 N–H and O–H groups in total. The monoisotopic (exact) mass is 516 g/mol. The number of thioether (sulfide) groups is 1. The molecule has 3 aliphatic rings. The second-order valence-corrected chi connectivity index (χ2v) is 10.0. The Kier molecular flexibility index (Phi) is 7.98. The molecule has 4 rings (SSSR count). The minimum absolute atomic E-state index is 0.321. The van der Waals surface area contributed by atoms with Crippen LogP contribution in [0.15, 0.2) is 17.1 Å². The van der Waals surface area contributed by atoms with E-state index >= 15 is 0 Å². The van der Waals surface area contributed by atoms with E-state index in [0.29, 0.717) is 26.6 Å². The van der Waals surface area contributed by atoms with Gasteiger partial charge in [-0.05, 0) is 37.8 Å². The van der Waals surface area contributed by atoms with Crippen molar-refractivity contribution in [2.75, 3.05) is 5.75 Å². The SMILES string of the molecule is Clc1ccc(N=C2SCC3(CCCC3)N2C2CCCC2)c(Cl)c1Cl.O=C(O)C(F)(F)F. The van der Waals surface area contributed by atoms with Crippen molar-refractivity contribution in [1.82, 2.24) is 4.90 Å². The standard InChI is InChI=1S/C18H21Cl3N2S.C2HF3O2/c19-13-7-8-14(16(21)15(13)20)22-17-23(12-5-1-2-6-12)18(11-24-17)9-3-4-10-18;3-2(4,5)1(6)7/h7-8,12H,1-6,9-11H2;(H,6,7). The Bertz CT molecular complexity index is 855. The van der Waals surface area contributed by atoms with Crippen LogP contribution in [0.3, 0.4) is 0 Å². The van der Waals surface area contributed by atoms with Crippen molar-refractivity contribution >= 4 is 63.4 Å². The highest BCUT2D eigenvalue weighted by Crippen LogP contribution is 2.49. The molecule has 0 amide bonds. The summed E-state index contributed by atoms with van der Waals surface area (Å²) in [4.78, 5) is 16.5. The summed E-state index contributed by atoms with van der Waals surface area (Å²) in [5.41, 5.74) is 1.05. The minimum Gasteiger partial charge on any atom is -0.475 e. The molecule has 0 aromatic heterocycles. The summed E-state index contributed by atoms with van der Waals surface area (Å²) >= 11 is 20.5. The van der Waals surface area contributed by atoms with Crippen LogP contribution in [0.1, 0.15) is 51.4 Å². The lowest BCUT2D eigenvalue weighted by atomic mass is 9.95. The fourth-order valence-corrected chi connectivity index (χ4v) is 6.50. The predicted octanol–water partition coefficient (Wildman–Crippen LogP) is 7.57. The second kappa shape index (κ2) is 9.98. The van der Waals surface area contributed by atoms with E-state index in [1.54, 1.807) is 6.07 Å². The van der Waals surface area contributed by atoms with Crippen LogP contribution in [0.2, 0.25) is 15.1 Å². The Balaban J connectivity index is 0.000000339. The van der Waals surface area contributed by atoms with Gasteiger partial charge in [0, 0.05) is 11.8 Å². The first-order valence-corrected chi connectivity index (χ1v) is 12.1. The van der Waals surface area contributed by atoms with E-state index < -0.39 is 12.1 Å². The number of alkyl halides is 3. The highest BCUT2D eigenvalue weighted by Gasteiger charge is 2.49. The molecule has 31 heavy (non-hydrogen) atoms. The van der Waals surface area contributed by atoms with Crippen molar-refractivity contribution in [3.05, 3.63) is 27.2 Å². The maximum absolute atomic E-state index is 10.6. The second-order valence-electron chi connectivity index (χ2n) is 7.92. The number of halogens is 6. The van der Waals surface area contributed by atoms with Gasteiger partial charge in [0.25, 0.3) is 0 Å². The average molecular weight is 518 g/mol. The first kappa shape index (κ1) is 24.8. The third kappa shape index (κ3) is 5.57. The van der Waals surface area contributed by atoms with Gasteiger partial charge in [-0.25, -0.2) is 9.79 Å². The van der Waals surface area contributed by atoms with Gasteiger partial charge in [0.2, 0.25) is 0 Å². The largest absolute Gasteiger partial charge is 0.490 e. The topological polar surface area (TPSA) is 52.9 Å². The number of nitrogens with zero attached hydrogens (tertiary/aromatic N) is 2. The van der Waals surface area contributed by atoms with Crippen molar-refractivity contribution in [2.45, 2.75) is 69.1 Å².